The van der Waals surface area contributed by atoms with E-state index in [0.717, 1.165) is 0 Å². The van der Waals surface area contributed by atoms with Gasteiger partial charge in [0.1, 0.15) is 10.6 Å². The van der Waals surface area contributed by atoms with E-state index in [2.05, 4.69) is 19.8 Å². The molecule has 10 heteroatoms. The normalized spacial score (nSPS) is 11.3. The van der Waals surface area contributed by atoms with Crippen molar-refractivity contribution in [3.63, 3.8) is 0 Å². The van der Waals surface area contributed by atoms with E-state index < -0.39 is 10.0 Å². The van der Waals surface area contributed by atoms with E-state index in [1.54, 1.807) is 18.5 Å². The molecule has 126 valence electrons. The number of hydrogen-bond acceptors (Lipinski definition) is 7. The van der Waals surface area contributed by atoms with Gasteiger partial charge < -0.3 is 9.47 Å². The van der Waals surface area contributed by atoms with Crippen LogP contribution in [0, 0.1) is 13.8 Å². The molecule has 9 nitrogen and oxygen atoms in total. The van der Waals surface area contributed by atoms with Gasteiger partial charge in [-0.25, -0.2) is 13.4 Å². The number of methoxy groups -OCH3 is 2. The molecule has 1 N–H and O–H groups in total. The van der Waals surface area contributed by atoms with Gasteiger partial charge in [0.15, 0.2) is 0 Å². The van der Waals surface area contributed by atoms with Crippen molar-refractivity contribution in [1.82, 2.24) is 19.7 Å². The molecule has 0 saturated carbocycles. The van der Waals surface area contributed by atoms with E-state index in [1.165, 1.54) is 20.4 Å². The summed E-state index contributed by atoms with van der Waals surface area (Å²) in [6, 6.07) is 0.0796. The van der Waals surface area contributed by atoms with Crippen molar-refractivity contribution in [2.45, 2.75) is 32.2 Å². The zero-order valence-electron chi connectivity index (χ0n) is 13.6. The third-order valence-corrected chi connectivity index (χ3v) is 4.85. The quantitative estimate of drug-likeness (QED) is 0.839. The molecule has 2 aromatic rings. The van der Waals surface area contributed by atoms with Crippen molar-refractivity contribution in [3.8, 4) is 11.9 Å². The minimum Gasteiger partial charge on any atom is -0.479 e. The summed E-state index contributed by atoms with van der Waals surface area (Å²) in [5.74, 6) is 0.0682. The van der Waals surface area contributed by atoms with Crippen LogP contribution < -0.4 is 14.2 Å². The van der Waals surface area contributed by atoms with Gasteiger partial charge in [0.2, 0.25) is 5.88 Å². The van der Waals surface area contributed by atoms with Crippen LogP contribution in [0.25, 0.3) is 0 Å². The third-order valence-electron chi connectivity index (χ3n) is 3.24. The smallest absolute Gasteiger partial charge is 0.319 e. The van der Waals surface area contributed by atoms with Crippen molar-refractivity contribution in [2.24, 2.45) is 0 Å². The SMILES string of the molecule is CCn1nc(C)c(S(=O)(=O)Nc2cnc(OC)nc2OC)c1C. The fraction of sp³-hybridized carbons (Fsp3) is 0.462. The zero-order valence-corrected chi connectivity index (χ0v) is 14.4. The summed E-state index contributed by atoms with van der Waals surface area (Å²) in [4.78, 5) is 7.98. The van der Waals surface area contributed by atoms with E-state index in [1.807, 2.05) is 6.92 Å². The lowest BCUT2D eigenvalue weighted by molar-refractivity contribution is 0.353. The van der Waals surface area contributed by atoms with Crippen molar-refractivity contribution in [3.05, 3.63) is 17.6 Å². The summed E-state index contributed by atoms with van der Waals surface area (Å²) < 4.78 is 39.4. The highest BCUT2D eigenvalue weighted by Gasteiger charge is 2.26. The predicted octanol–water partition coefficient (Wildman–Crippen LogP) is 1.13. The number of nitrogens with zero attached hydrogens (tertiary/aromatic N) is 4. The monoisotopic (exact) mass is 341 g/mol. The molecule has 0 bridgehead atoms. The Morgan fingerprint density at radius 2 is 1.96 bits per heavy atom. The topological polar surface area (TPSA) is 108 Å². The van der Waals surface area contributed by atoms with Gasteiger partial charge in [-0.15, -0.1) is 0 Å². The number of rotatable bonds is 6. The molecule has 0 radical (unpaired) electrons. The molecule has 0 aromatic carbocycles. The molecule has 0 amide bonds. The Labute approximate surface area is 134 Å². The van der Waals surface area contributed by atoms with Gasteiger partial charge in [0.05, 0.1) is 31.8 Å². The first-order valence-electron chi connectivity index (χ1n) is 6.85. The van der Waals surface area contributed by atoms with Crippen LogP contribution in [0.15, 0.2) is 11.1 Å². The zero-order chi connectivity index (χ0) is 17.2. The predicted molar refractivity (Wildman–Crippen MR) is 83.3 cm³/mol. The second-order valence-electron chi connectivity index (χ2n) is 4.70. The molecule has 0 aliphatic heterocycles. The lowest BCUT2D eigenvalue weighted by atomic mass is 10.4. The average molecular weight is 341 g/mol. The highest BCUT2D eigenvalue weighted by molar-refractivity contribution is 7.92. The molecule has 0 unspecified atom stereocenters. The Balaban J connectivity index is 2.45. The molecule has 0 aliphatic rings. The van der Waals surface area contributed by atoms with Crippen LogP contribution in [0.1, 0.15) is 18.3 Å². The molecule has 0 spiro atoms. The van der Waals surface area contributed by atoms with Gasteiger partial charge >= 0.3 is 6.01 Å². The summed E-state index contributed by atoms with van der Waals surface area (Å²) >= 11 is 0. The fourth-order valence-corrected chi connectivity index (χ4v) is 3.70. The summed E-state index contributed by atoms with van der Waals surface area (Å²) in [7, 11) is -1.06. The van der Waals surface area contributed by atoms with Crippen LogP contribution in [-0.2, 0) is 16.6 Å². The number of ether oxygens (including phenoxy) is 2. The van der Waals surface area contributed by atoms with Gasteiger partial charge in [0, 0.05) is 6.54 Å². The van der Waals surface area contributed by atoms with Crippen molar-refractivity contribution < 1.29 is 17.9 Å². The van der Waals surface area contributed by atoms with Gasteiger partial charge in [-0.05, 0) is 20.8 Å². The highest BCUT2D eigenvalue weighted by atomic mass is 32.2. The summed E-state index contributed by atoms with van der Waals surface area (Å²) in [5, 5.41) is 4.22. The maximum absolute atomic E-state index is 12.7. The second kappa shape index (κ2) is 6.41. The van der Waals surface area contributed by atoms with Crippen molar-refractivity contribution in [2.75, 3.05) is 18.9 Å². The van der Waals surface area contributed by atoms with Crippen LogP contribution in [-0.4, -0.2) is 42.4 Å². The van der Waals surface area contributed by atoms with E-state index >= 15 is 0 Å². The van der Waals surface area contributed by atoms with Gasteiger partial charge in [-0.3, -0.25) is 9.40 Å². The summed E-state index contributed by atoms with van der Waals surface area (Å²) in [6.07, 6.45) is 1.29. The minimum absolute atomic E-state index is 0.0682. The van der Waals surface area contributed by atoms with Crippen LogP contribution >= 0.6 is 0 Å². The van der Waals surface area contributed by atoms with Crippen LogP contribution in [0.3, 0.4) is 0 Å². The van der Waals surface area contributed by atoms with Crippen LogP contribution in [0.4, 0.5) is 5.69 Å². The molecule has 2 rings (SSSR count). The standard InChI is InChI=1S/C13H19N5O4S/c1-6-18-9(3)11(8(2)16-18)23(19,20)17-10-7-14-13(22-5)15-12(10)21-4/h7,17H,6H2,1-5H3. The summed E-state index contributed by atoms with van der Waals surface area (Å²) in [5.41, 5.74) is 1.10. The lowest BCUT2D eigenvalue weighted by Crippen LogP contribution is -2.16. The highest BCUT2D eigenvalue weighted by Crippen LogP contribution is 2.27. The molecule has 2 heterocycles. The lowest BCUT2D eigenvalue weighted by Gasteiger charge is -2.11. The van der Waals surface area contributed by atoms with E-state index in [0.29, 0.717) is 17.9 Å². The van der Waals surface area contributed by atoms with E-state index in [-0.39, 0.29) is 22.5 Å². The van der Waals surface area contributed by atoms with Gasteiger partial charge in [-0.2, -0.15) is 10.1 Å². The largest absolute Gasteiger partial charge is 0.479 e. The molecular formula is C13H19N5O4S. The Bertz CT molecular complexity index is 816. The molecule has 2 aromatic heterocycles. The summed E-state index contributed by atoms with van der Waals surface area (Å²) in [6.45, 7) is 5.83. The molecule has 0 fully saturated rings. The second-order valence-corrected chi connectivity index (χ2v) is 6.32. The number of aromatic nitrogens is 4. The molecular weight excluding hydrogens is 322 g/mol. The van der Waals surface area contributed by atoms with Crippen molar-refractivity contribution in [1.29, 1.82) is 0 Å². The van der Waals surface area contributed by atoms with Crippen LogP contribution in [0.5, 0.6) is 11.9 Å². The number of sulfonamides is 1. The maximum atomic E-state index is 12.7. The third kappa shape index (κ3) is 3.21. The first-order chi connectivity index (χ1) is 10.8. The number of nitrogens with one attached hydrogen (secondary N) is 1. The maximum Gasteiger partial charge on any atom is 0.319 e. The van der Waals surface area contributed by atoms with Gasteiger partial charge in [0.25, 0.3) is 10.0 Å². The van der Waals surface area contributed by atoms with Crippen molar-refractivity contribution >= 4 is 15.7 Å². The number of hydrogen-bond donors (Lipinski definition) is 1. The average Bonchev–Trinajstić information content (AvgIpc) is 2.82. The number of aryl methyl sites for hydroxylation is 2. The Morgan fingerprint density at radius 1 is 1.26 bits per heavy atom. The van der Waals surface area contributed by atoms with Crippen LogP contribution in [0.2, 0.25) is 0 Å². The fourth-order valence-electron chi connectivity index (χ4n) is 2.25. The van der Waals surface area contributed by atoms with E-state index in [9.17, 15) is 8.42 Å². The molecule has 0 saturated heterocycles. The molecule has 0 atom stereocenters. The molecule has 0 aliphatic carbocycles. The Kier molecular flexibility index (Phi) is 4.73. The first kappa shape index (κ1) is 17.0. The molecule has 23 heavy (non-hydrogen) atoms. The Hall–Kier alpha value is -2.36. The van der Waals surface area contributed by atoms with Gasteiger partial charge in [-0.1, -0.05) is 0 Å². The number of anilines is 1. The minimum atomic E-state index is -3.85. The first-order valence-corrected chi connectivity index (χ1v) is 8.34. The van der Waals surface area contributed by atoms with E-state index in [4.69, 9.17) is 9.47 Å². The Morgan fingerprint density at radius 3 is 2.48 bits per heavy atom.